The minimum atomic E-state index is -0.514. The van der Waals surface area contributed by atoms with E-state index in [1.807, 2.05) is 38.1 Å². The lowest BCUT2D eigenvalue weighted by molar-refractivity contribution is -0.121. The first kappa shape index (κ1) is 20.8. The first-order valence-corrected chi connectivity index (χ1v) is 10.2. The lowest BCUT2D eigenvalue weighted by Crippen LogP contribution is -2.44. The van der Waals surface area contributed by atoms with Crippen molar-refractivity contribution in [2.75, 3.05) is 18.4 Å². The summed E-state index contributed by atoms with van der Waals surface area (Å²) in [7, 11) is 0. The molecule has 1 saturated heterocycles. The van der Waals surface area contributed by atoms with Gasteiger partial charge in [-0.3, -0.25) is 9.69 Å². The van der Waals surface area contributed by atoms with Crippen molar-refractivity contribution < 1.29 is 9.18 Å². The van der Waals surface area contributed by atoms with Gasteiger partial charge in [0.2, 0.25) is 5.91 Å². The second-order valence-corrected chi connectivity index (χ2v) is 8.55. The molecule has 1 amide bonds. The van der Waals surface area contributed by atoms with E-state index in [1.165, 1.54) is 18.9 Å². The number of aryl methyl sites for hydroxylation is 1. The van der Waals surface area contributed by atoms with Crippen molar-refractivity contribution in [3.8, 4) is 0 Å². The molecule has 150 valence electrons. The SMILES string of the molecule is C=C(Cl)/C=C\C=C(/F)C1C(C(=O)Nc2cccc(C)c2)N(CC2CC2)C[C@H]1C. The van der Waals surface area contributed by atoms with Gasteiger partial charge in [0, 0.05) is 29.7 Å². The number of carbonyl (C=O) groups is 1. The third-order valence-corrected chi connectivity index (χ3v) is 5.59. The van der Waals surface area contributed by atoms with Gasteiger partial charge in [0.05, 0.1) is 6.04 Å². The number of nitrogens with one attached hydrogen (secondary N) is 1. The van der Waals surface area contributed by atoms with Crippen molar-refractivity contribution in [3.63, 3.8) is 0 Å². The lowest BCUT2D eigenvalue weighted by Gasteiger charge is -2.27. The van der Waals surface area contributed by atoms with Crippen LogP contribution < -0.4 is 5.32 Å². The van der Waals surface area contributed by atoms with Crippen molar-refractivity contribution in [2.24, 2.45) is 17.8 Å². The Bertz CT molecular complexity index is 800. The number of benzene rings is 1. The van der Waals surface area contributed by atoms with Crippen molar-refractivity contribution in [2.45, 2.75) is 32.7 Å². The van der Waals surface area contributed by atoms with E-state index in [9.17, 15) is 4.79 Å². The van der Waals surface area contributed by atoms with Crippen LogP contribution in [0.1, 0.15) is 25.3 Å². The third-order valence-electron chi connectivity index (χ3n) is 5.46. The number of hydrogen-bond acceptors (Lipinski definition) is 2. The van der Waals surface area contributed by atoms with Crippen LogP contribution in [0.15, 0.2) is 59.9 Å². The van der Waals surface area contributed by atoms with E-state index in [0.717, 1.165) is 24.3 Å². The summed E-state index contributed by atoms with van der Waals surface area (Å²) in [6.07, 6.45) is 6.89. The summed E-state index contributed by atoms with van der Waals surface area (Å²) >= 11 is 5.71. The Kier molecular flexibility index (Phi) is 6.73. The van der Waals surface area contributed by atoms with Gasteiger partial charge in [0.1, 0.15) is 5.83 Å². The number of halogens is 2. The molecule has 0 bridgehead atoms. The monoisotopic (exact) mass is 402 g/mol. The molecule has 2 unspecified atom stereocenters. The Morgan fingerprint density at radius 3 is 2.82 bits per heavy atom. The van der Waals surface area contributed by atoms with Crippen LogP contribution in [-0.4, -0.2) is 29.9 Å². The average Bonchev–Trinajstić information content (AvgIpc) is 3.35. The molecule has 0 spiro atoms. The first-order chi connectivity index (χ1) is 13.3. The van der Waals surface area contributed by atoms with Crippen molar-refractivity contribution in [1.82, 2.24) is 4.90 Å². The fourth-order valence-electron chi connectivity index (χ4n) is 4.00. The zero-order chi connectivity index (χ0) is 20.3. The molecule has 5 heteroatoms. The van der Waals surface area contributed by atoms with Crippen molar-refractivity contribution >= 4 is 23.2 Å². The zero-order valence-corrected chi connectivity index (χ0v) is 17.3. The highest BCUT2D eigenvalue weighted by Crippen LogP contribution is 2.40. The molecule has 3 atom stereocenters. The quantitative estimate of drug-likeness (QED) is 0.615. The number of hydrogen-bond donors (Lipinski definition) is 1. The highest BCUT2D eigenvalue weighted by molar-refractivity contribution is 6.30. The molecule has 1 aliphatic heterocycles. The summed E-state index contributed by atoms with van der Waals surface area (Å²) in [6.45, 7) is 9.14. The van der Waals surface area contributed by atoms with Crippen LogP contribution in [0, 0.1) is 24.7 Å². The molecule has 1 heterocycles. The summed E-state index contributed by atoms with van der Waals surface area (Å²) in [6, 6.07) is 7.17. The highest BCUT2D eigenvalue weighted by atomic mass is 35.5. The molecule has 28 heavy (non-hydrogen) atoms. The molecule has 1 aliphatic carbocycles. The Balaban J connectivity index is 1.83. The maximum atomic E-state index is 15.1. The van der Waals surface area contributed by atoms with Crippen LogP contribution in [0.2, 0.25) is 0 Å². The maximum Gasteiger partial charge on any atom is 0.242 e. The minimum Gasteiger partial charge on any atom is -0.325 e. The number of nitrogens with zero attached hydrogens (tertiary/aromatic N) is 1. The Morgan fingerprint density at radius 2 is 2.18 bits per heavy atom. The third kappa shape index (κ3) is 5.33. The van der Waals surface area contributed by atoms with E-state index in [0.29, 0.717) is 11.0 Å². The topological polar surface area (TPSA) is 32.3 Å². The number of allylic oxidation sites excluding steroid dienone is 4. The molecule has 2 aliphatic rings. The largest absolute Gasteiger partial charge is 0.325 e. The van der Waals surface area contributed by atoms with Gasteiger partial charge in [-0.15, -0.1) is 0 Å². The second-order valence-electron chi connectivity index (χ2n) is 8.06. The summed E-state index contributed by atoms with van der Waals surface area (Å²) in [4.78, 5) is 15.3. The van der Waals surface area contributed by atoms with E-state index >= 15 is 4.39 Å². The van der Waals surface area contributed by atoms with Gasteiger partial charge >= 0.3 is 0 Å². The predicted octanol–water partition coefficient (Wildman–Crippen LogP) is 5.44. The number of anilines is 1. The van der Waals surface area contributed by atoms with Gasteiger partial charge < -0.3 is 5.32 Å². The Hall–Kier alpha value is -1.91. The van der Waals surface area contributed by atoms with E-state index in [2.05, 4.69) is 16.8 Å². The molecule has 1 N–H and O–H groups in total. The van der Waals surface area contributed by atoms with Gasteiger partial charge in [-0.2, -0.15) is 0 Å². The molecular weight excluding hydrogens is 375 g/mol. The summed E-state index contributed by atoms with van der Waals surface area (Å²) in [5.41, 5.74) is 1.82. The molecule has 1 aromatic carbocycles. The Labute approximate surface area is 171 Å². The predicted molar refractivity (Wildman–Crippen MR) is 114 cm³/mol. The molecular formula is C23H28ClFN2O. The van der Waals surface area contributed by atoms with Crippen LogP contribution >= 0.6 is 11.6 Å². The molecule has 3 rings (SSSR count). The van der Waals surface area contributed by atoms with Crippen LogP contribution in [0.3, 0.4) is 0 Å². The lowest BCUT2D eigenvalue weighted by atomic mass is 9.89. The number of amides is 1. The van der Waals surface area contributed by atoms with E-state index < -0.39 is 12.0 Å². The number of rotatable bonds is 7. The van der Waals surface area contributed by atoms with Crippen molar-refractivity contribution in [3.05, 3.63) is 65.5 Å². The standard InChI is InChI=1S/C23H28ClFN2O/c1-15-6-4-8-19(12-15)26-23(28)22-21(20(25)9-5-7-17(3)24)16(2)13-27(22)14-18-10-11-18/h4-9,12,16,18,21-22H,3,10-11,13-14H2,1-2H3,(H,26,28)/b7-5-,20-9-/t16-,21?,22?/m1/s1. The van der Waals surface area contributed by atoms with E-state index in [4.69, 9.17) is 11.6 Å². The van der Waals surface area contributed by atoms with Crippen molar-refractivity contribution in [1.29, 1.82) is 0 Å². The Morgan fingerprint density at radius 1 is 1.43 bits per heavy atom. The average molecular weight is 403 g/mol. The van der Waals surface area contributed by atoms with Crippen LogP contribution in [0.25, 0.3) is 0 Å². The summed E-state index contributed by atoms with van der Waals surface area (Å²) in [5.74, 6) is -0.223. The molecule has 1 aromatic rings. The maximum absolute atomic E-state index is 15.1. The molecule has 0 radical (unpaired) electrons. The molecule has 1 saturated carbocycles. The summed E-state index contributed by atoms with van der Waals surface area (Å²) < 4.78 is 15.1. The number of likely N-dealkylation sites (tertiary alicyclic amines) is 1. The van der Waals surface area contributed by atoms with Crippen LogP contribution in [0.5, 0.6) is 0 Å². The number of carbonyl (C=O) groups excluding carboxylic acids is 1. The van der Waals surface area contributed by atoms with E-state index in [1.54, 1.807) is 12.2 Å². The minimum absolute atomic E-state index is 0.0517. The smallest absolute Gasteiger partial charge is 0.242 e. The first-order valence-electron chi connectivity index (χ1n) is 9.85. The second kappa shape index (κ2) is 9.06. The highest BCUT2D eigenvalue weighted by Gasteiger charge is 2.47. The fraction of sp³-hybridized carbons (Fsp3) is 0.435. The zero-order valence-electron chi connectivity index (χ0n) is 16.5. The van der Waals surface area contributed by atoms with Crippen LogP contribution in [0.4, 0.5) is 10.1 Å². The van der Waals surface area contributed by atoms with Gasteiger partial charge in [0.25, 0.3) is 0 Å². The molecule has 2 fully saturated rings. The molecule has 0 aromatic heterocycles. The van der Waals surface area contributed by atoms with E-state index in [-0.39, 0.29) is 17.7 Å². The normalized spacial score (nSPS) is 26.0. The van der Waals surface area contributed by atoms with Gasteiger partial charge in [0.15, 0.2) is 0 Å². The van der Waals surface area contributed by atoms with Crippen LogP contribution in [-0.2, 0) is 4.79 Å². The van der Waals surface area contributed by atoms with Gasteiger partial charge in [-0.25, -0.2) is 4.39 Å². The molecule has 3 nitrogen and oxygen atoms in total. The fourth-order valence-corrected chi connectivity index (χ4v) is 4.07. The summed E-state index contributed by atoms with van der Waals surface area (Å²) in [5, 5.41) is 3.34. The van der Waals surface area contributed by atoms with Gasteiger partial charge in [-0.05, 0) is 61.4 Å². The van der Waals surface area contributed by atoms with Gasteiger partial charge in [-0.1, -0.05) is 43.3 Å².